The van der Waals surface area contributed by atoms with Crippen LogP contribution in [0.3, 0.4) is 0 Å². The lowest BCUT2D eigenvalue weighted by Crippen LogP contribution is -2.45. The van der Waals surface area contributed by atoms with E-state index >= 15 is 0 Å². The summed E-state index contributed by atoms with van der Waals surface area (Å²) >= 11 is 6.15. The van der Waals surface area contributed by atoms with Gasteiger partial charge in [-0.25, -0.2) is 0 Å². The summed E-state index contributed by atoms with van der Waals surface area (Å²) in [4.78, 5) is 13.9. The molecule has 0 saturated heterocycles. The fourth-order valence-electron chi connectivity index (χ4n) is 1.56. The standard InChI is InChI=1S/C14H22ClN3O/c1-14(2,3)12(16)13(19)17-9-6-7-11(18(4)5)10(15)8-9/h6-8,12H,16H2,1-5H3,(H,17,19)/t12-/m0/s1. The summed E-state index contributed by atoms with van der Waals surface area (Å²) in [5, 5.41) is 3.38. The molecule has 0 aliphatic heterocycles. The molecule has 0 aromatic heterocycles. The molecule has 1 rings (SSSR count). The quantitative estimate of drug-likeness (QED) is 0.897. The highest BCUT2D eigenvalue weighted by molar-refractivity contribution is 6.33. The summed E-state index contributed by atoms with van der Waals surface area (Å²) in [5.41, 5.74) is 7.18. The fraction of sp³-hybridized carbons (Fsp3) is 0.500. The number of amides is 1. The minimum Gasteiger partial charge on any atom is -0.376 e. The molecule has 0 aliphatic rings. The van der Waals surface area contributed by atoms with Gasteiger partial charge in [-0.15, -0.1) is 0 Å². The van der Waals surface area contributed by atoms with Crippen LogP contribution in [-0.4, -0.2) is 26.0 Å². The molecular formula is C14H22ClN3O. The second-order valence-corrected chi connectivity index (χ2v) is 6.30. The van der Waals surface area contributed by atoms with E-state index in [9.17, 15) is 4.79 Å². The lowest BCUT2D eigenvalue weighted by molar-refractivity contribution is -0.119. The Hall–Kier alpha value is -1.26. The SMILES string of the molecule is CN(C)c1ccc(NC(=O)[C@H](N)C(C)(C)C)cc1Cl. The Morgan fingerprint density at radius 1 is 1.37 bits per heavy atom. The first-order valence-corrected chi connectivity index (χ1v) is 6.54. The van der Waals surface area contributed by atoms with E-state index < -0.39 is 6.04 Å². The van der Waals surface area contributed by atoms with Crippen molar-refractivity contribution in [3.05, 3.63) is 23.2 Å². The van der Waals surface area contributed by atoms with E-state index in [1.807, 2.05) is 51.9 Å². The van der Waals surface area contributed by atoms with Crippen molar-refractivity contribution in [2.75, 3.05) is 24.3 Å². The molecule has 3 N–H and O–H groups in total. The minimum atomic E-state index is -0.570. The third kappa shape index (κ3) is 4.11. The van der Waals surface area contributed by atoms with E-state index in [1.165, 1.54) is 0 Å². The van der Waals surface area contributed by atoms with Gasteiger partial charge in [-0.1, -0.05) is 32.4 Å². The third-order valence-electron chi connectivity index (χ3n) is 2.91. The maximum Gasteiger partial charge on any atom is 0.241 e. The fourth-order valence-corrected chi connectivity index (χ4v) is 1.91. The van der Waals surface area contributed by atoms with Gasteiger partial charge in [0, 0.05) is 19.8 Å². The predicted molar refractivity (Wildman–Crippen MR) is 81.8 cm³/mol. The molecule has 0 bridgehead atoms. The lowest BCUT2D eigenvalue weighted by Gasteiger charge is -2.26. The number of halogens is 1. The highest BCUT2D eigenvalue weighted by atomic mass is 35.5. The first-order valence-electron chi connectivity index (χ1n) is 6.16. The van der Waals surface area contributed by atoms with Gasteiger partial charge in [0.2, 0.25) is 5.91 Å². The Morgan fingerprint density at radius 2 is 1.95 bits per heavy atom. The van der Waals surface area contributed by atoms with Crippen molar-refractivity contribution >= 4 is 28.9 Å². The summed E-state index contributed by atoms with van der Waals surface area (Å²) in [7, 11) is 3.82. The number of nitrogens with two attached hydrogens (primary N) is 1. The van der Waals surface area contributed by atoms with Crippen molar-refractivity contribution in [3.8, 4) is 0 Å². The van der Waals surface area contributed by atoms with Crippen LogP contribution in [0.1, 0.15) is 20.8 Å². The van der Waals surface area contributed by atoms with E-state index in [0.29, 0.717) is 10.7 Å². The van der Waals surface area contributed by atoms with Gasteiger partial charge in [0.1, 0.15) is 0 Å². The smallest absolute Gasteiger partial charge is 0.241 e. The average molecular weight is 284 g/mol. The van der Waals surface area contributed by atoms with E-state index in [2.05, 4.69) is 5.32 Å². The number of benzene rings is 1. The molecule has 0 radical (unpaired) electrons. The summed E-state index contributed by atoms with van der Waals surface area (Å²) in [6.07, 6.45) is 0. The number of nitrogens with zero attached hydrogens (tertiary/aromatic N) is 1. The number of hydrogen-bond donors (Lipinski definition) is 2. The Morgan fingerprint density at radius 3 is 2.37 bits per heavy atom. The molecule has 5 heteroatoms. The molecule has 0 heterocycles. The molecule has 0 saturated carbocycles. The molecule has 1 aromatic carbocycles. The third-order valence-corrected chi connectivity index (χ3v) is 3.22. The van der Waals surface area contributed by atoms with Crippen molar-refractivity contribution in [3.63, 3.8) is 0 Å². The number of carbonyl (C=O) groups is 1. The summed E-state index contributed by atoms with van der Waals surface area (Å²) in [5.74, 6) is -0.207. The first-order chi connectivity index (χ1) is 8.62. The van der Waals surface area contributed by atoms with Crippen LogP contribution < -0.4 is 16.0 Å². The van der Waals surface area contributed by atoms with Crippen LogP contribution >= 0.6 is 11.6 Å². The molecule has 0 unspecified atom stereocenters. The van der Waals surface area contributed by atoms with Gasteiger partial charge in [0.05, 0.1) is 16.8 Å². The normalized spacial score (nSPS) is 13.0. The van der Waals surface area contributed by atoms with Crippen molar-refractivity contribution in [1.82, 2.24) is 0 Å². The van der Waals surface area contributed by atoms with Crippen molar-refractivity contribution in [1.29, 1.82) is 0 Å². The highest BCUT2D eigenvalue weighted by Crippen LogP contribution is 2.28. The van der Waals surface area contributed by atoms with Gasteiger partial charge < -0.3 is 16.0 Å². The molecule has 0 aliphatic carbocycles. The summed E-state index contributed by atoms with van der Waals surface area (Å²) in [6.45, 7) is 5.79. The highest BCUT2D eigenvalue weighted by Gasteiger charge is 2.27. The number of carbonyl (C=O) groups excluding carboxylic acids is 1. The van der Waals surface area contributed by atoms with Crippen LogP contribution in [-0.2, 0) is 4.79 Å². The molecule has 4 nitrogen and oxygen atoms in total. The van der Waals surface area contributed by atoms with Crippen LogP contribution in [0.4, 0.5) is 11.4 Å². The van der Waals surface area contributed by atoms with Gasteiger partial charge in [-0.3, -0.25) is 4.79 Å². The van der Waals surface area contributed by atoms with Crippen molar-refractivity contribution in [2.24, 2.45) is 11.1 Å². The van der Waals surface area contributed by atoms with Gasteiger partial charge >= 0.3 is 0 Å². The molecule has 106 valence electrons. The number of hydrogen-bond acceptors (Lipinski definition) is 3. The molecule has 19 heavy (non-hydrogen) atoms. The van der Waals surface area contributed by atoms with Crippen LogP contribution in [0.5, 0.6) is 0 Å². The summed E-state index contributed by atoms with van der Waals surface area (Å²) in [6, 6.07) is 4.83. The maximum atomic E-state index is 12.0. The molecular weight excluding hydrogens is 262 g/mol. The largest absolute Gasteiger partial charge is 0.376 e. The zero-order valence-electron chi connectivity index (χ0n) is 12.1. The summed E-state index contributed by atoms with van der Waals surface area (Å²) < 4.78 is 0. The van der Waals surface area contributed by atoms with Crippen LogP contribution in [0.15, 0.2) is 18.2 Å². The minimum absolute atomic E-state index is 0.207. The Labute approximate surface area is 119 Å². The topological polar surface area (TPSA) is 58.4 Å². The Bertz CT molecular complexity index is 466. The molecule has 1 amide bonds. The van der Waals surface area contributed by atoms with Crippen molar-refractivity contribution in [2.45, 2.75) is 26.8 Å². The number of anilines is 2. The zero-order chi connectivity index (χ0) is 14.8. The number of nitrogens with one attached hydrogen (secondary N) is 1. The lowest BCUT2D eigenvalue weighted by atomic mass is 9.87. The molecule has 0 spiro atoms. The van der Waals surface area contributed by atoms with Crippen LogP contribution in [0.25, 0.3) is 0 Å². The second-order valence-electron chi connectivity index (χ2n) is 5.89. The van der Waals surface area contributed by atoms with Crippen LogP contribution in [0.2, 0.25) is 5.02 Å². The second kappa shape index (κ2) is 5.80. The van der Waals surface area contributed by atoms with Gasteiger partial charge in [-0.05, 0) is 23.6 Å². The monoisotopic (exact) mass is 283 g/mol. The van der Waals surface area contributed by atoms with Crippen LogP contribution in [0, 0.1) is 5.41 Å². The molecule has 1 atom stereocenters. The van der Waals surface area contributed by atoms with E-state index in [0.717, 1.165) is 5.69 Å². The van der Waals surface area contributed by atoms with Gasteiger partial charge in [0.15, 0.2) is 0 Å². The van der Waals surface area contributed by atoms with E-state index in [4.69, 9.17) is 17.3 Å². The maximum absolute atomic E-state index is 12.0. The number of rotatable bonds is 3. The van der Waals surface area contributed by atoms with E-state index in [-0.39, 0.29) is 11.3 Å². The van der Waals surface area contributed by atoms with Crippen molar-refractivity contribution < 1.29 is 4.79 Å². The first kappa shape index (κ1) is 15.8. The Kier molecular flexibility index (Phi) is 4.82. The molecule has 0 fully saturated rings. The van der Waals surface area contributed by atoms with Gasteiger partial charge in [0.25, 0.3) is 0 Å². The average Bonchev–Trinajstić information content (AvgIpc) is 2.26. The van der Waals surface area contributed by atoms with Gasteiger partial charge in [-0.2, -0.15) is 0 Å². The molecule has 1 aromatic rings. The zero-order valence-corrected chi connectivity index (χ0v) is 12.9. The van der Waals surface area contributed by atoms with E-state index in [1.54, 1.807) is 6.07 Å². The Balaban J connectivity index is 2.84. The predicted octanol–water partition coefficient (Wildman–Crippen LogP) is 2.72.